The van der Waals surface area contributed by atoms with E-state index in [-0.39, 0.29) is 18.1 Å². The van der Waals surface area contributed by atoms with Gasteiger partial charge in [-0.1, -0.05) is 0 Å². The van der Waals surface area contributed by atoms with Crippen molar-refractivity contribution in [3.63, 3.8) is 0 Å². The first-order valence-corrected chi connectivity index (χ1v) is 6.67. The van der Waals surface area contributed by atoms with Gasteiger partial charge >= 0.3 is 12.3 Å². The zero-order chi connectivity index (χ0) is 15.2. The summed E-state index contributed by atoms with van der Waals surface area (Å²) in [5, 5.41) is 12.2. The minimum Gasteiger partial charge on any atom is -0.465 e. The quantitative estimate of drug-likeness (QED) is 0.881. The lowest BCUT2D eigenvalue weighted by Gasteiger charge is -2.23. The lowest BCUT2D eigenvalue weighted by atomic mass is 9.95. The molecule has 2 saturated heterocycles. The second-order valence-corrected chi connectivity index (χ2v) is 5.40. The number of carbonyl (C=O) groups is 1. The molecule has 1 aromatic rings. The van der Waals surface area contributed by atoms with E-state index in [1.54, 1.807) is 0 Å². The summed E-state index contributed by atoms with van der Waals surface area (Å²) in [7, 11) is 0. The molecule has 0 radical (unpaired) electrons. The van der Waals surface area contributed by atoms with Gasteiger partial charge in [0, 0.05) is 12.2 Å². The number of rotatable bonds is 2. The largest absolute Gasteiger partial charge is 0.465 e. The highest BCUT2D eigenvalue weighted by Gasteiger charge is 2.48. The minimum absolute atomic E-state index is 0.000511. The van der Waals surface area contributed by atoms with Crippen molar-refractivity contribution < 1.29 is 23.1 Å². The third kappa shape index (κ3) is 2.50. The number of amides is 1. The molecule has 1 amide bonds. The van der Waals surface area contributed by atoms with E-state index in [4.69, 9.17) is 5.11 Å². The Labute approximate surface area is 118 Å². The van der Waals surface area contributed by atoms with Crippen LogP contribution in [0, 0.1) is 0 Å². The van der Waals surface area contributed by atoms with Gasteiger partial charge < -0.3 is 15.3 Å². The molecular weight excluding hydrogens is 287 g/mol. The Balaban J connectivity index is 1.70. The molecule has 2 aliphatic heterocycles. The summed E-state index contributed by atoms with van der Waals surface area (Å²) < 4.78 is 37.4. The molecule has 1 aromatic heterocycles. The first kappa shape index (κ1) is 14.0. The van der Waals surface area contributed by atoms with Gasteiger partial charge in [-0.2, -0.15) is 13.2 Å². The van der Waals surface area contributed by atoms with Crippen molar-refractivity contribution in [3.05, 3.63) is 23.9 Å². The van der Waals surface area contributed by atoms with Gasteiger partial charge in [0.15, 0.2) is 0 Å². The predicted molar refractivity (Wildman–Crippen MR) is 67.9 cm³/mol. The molecule has 5 nitrogen and oxygen atoms in total. The van der Waals surface area contributed by atoms with Crippen molar-refractivity contribution in [2.75, 3.05) is 5.32 Å². The molecule has 114 valence electrons. The van der Waals surface area contributed by atoms with Crippen LogP contribution >= 0.6 is 0 Å². The maximum Gasteiger partial charge on any atom is 0.417 e. The van der Waals surface area contributed by atoms with Crippen molar-refractivity contribution >= 4 is 11.9 Å². The van der Waals surface area contributed by atoms with E-state index >= 15 is 0 Å². The van der Waals surface area contributed by atoms with Crippen LogP contribution in [-0.2, 0) is 6.18 Å². The van der Waals surface area contributed by atoms with Crippen molar-refractivity contribution in [2.45, 2.75) is 43.6 Å². The van der Waals surface area contributed by atoms with E-state index in [9.17, 15) is 18.0 Å². The molecule has 3 unspecified atom stereocenters. The molecular formula is C13H14F3N3O2. The fraction of sp³-hybridized carbons (Fsp3) is 0.538. The lowest BCUT2D eigenvalue weighted by Crippen LogP contribution is -2.39. The fourth-order valence-electron chi connectivity index (χ4n) is 3.28. The molecule has 0 aromatic carbocycles. The van der Waals surface area contributed by atoms with Crippen molar-refractivity contribution in [1.29, 1.82) is 0 Å². The van der Waals surface area contributed by atoms with Gasteiger partial charge in [-0.05, 0) is 31.4 Å². The SMILES string of the molecule is O=C(O)N1C2CCC1C(Nc1ccc(C(F)(F)F)cn1)C2. The number of aromatic nitrogens is 1. The highest BCUT2D eigenvalue weighted by atomic mass is 19.4. The van der Waals surface area contributed by atoms with Crippen LogP contribution < -0.4 is 5.32 Å². The molecule has 2 fully saturated rings. The normalized spacial score (nSPS) is 28.0. The maximum absolute atomic E-state index is 12.5. The Morgan fingerprint density at radius 3 is 2.67 bits per heavy atom. The number of hydrogen-bond acceptors (Lipinski definition) is 3. The van der Waals surface area contributed by atoms with Crippen molar-refractivity contribution in [1.82, 2.24) is 9.88 Å². The van der Waals surface area contributed by atoms with E-state index < -0.39 is 17.8 Å². The molecule has 8 heteroatoms. The van der Waals surface area contributed by atoms with Gasteiger partial charge in [0.1, 0.15) is 5.82 Å². The number of nitrogens with one attached hydrogen (secondary N) is 1. The lowest BCUT2D eigenvalue weighted by molar-refractivity contribution is -0.137. The predicted octanol–water partition coefficient (Wildman–Crippen LogP) is 2.80. The highest BCUT2D eigenvalue weighted by Crippen LogP contribution is 2.39. The van der Waals surface area contributed by atoms with E-state index in [0.717, 1.165) is 25.1 Å². The van der Waals surface area contributed by atoms with Crippen LogP contribution in [0.1, 0.15) is 24.8 Å². The maximum atomic E-state index is 12.5. The molecule has 0 saturated carbocycles. The van der Waals surface area contributed by atoms with Crippen LogP contribution in [-0.4, -0.2) is 39.2 Å². The highest BCUT2D eigenvalue weighted by molar-refractivity contribution is 5.67. The summed E-state index contributed by atoms with van der Waals surface area (Å²) in [5.74, 6) is 0.339. The second-order valence-electron chi connectivity index (χ2n) is 5.40. The van der Waals surface area contributed by atoms with Crippen LogP contribution in [0.4, 0.5) is 23.8 Å². The van der Waals surface area contributed by atoms with Crippen LogP contribution in [0.5, 0.6) is 0 Å². The zero-order valence-electron chi connectivity index (χ0n) is 11.0. The molecule has 2 N–H and O–H groups in total. The molecule has 3 heterocycles. The van der Waals surface area contributed by atoms with E-state index in [1.165, 1.54) is 11.0 Å². The molecule has 0 aliphatic carbocycles. The topological polar surface area (TPSA) is 65.5 Å². The van der Waals surface area contributed by atoms with Gasteiger partial charge in [0.2, 0.25) is 0 Å². The molecule has 2 aliphatic rings. The van der Waals surface area contributed by atoms with Gasteiger partial charge in [-0.3, -0.25) is 0 Å². The van der Waals surface area contributed by atoms with Crippen LogP contribution in [0.15, 0.2) is 18.3 Å². The van der Waals surface area contributed by atoms with Crippen molar-refractivity contribution in [2.24, 2.45) is 0 Å². The van der Waals surface area contributed by atoms with Crippen LogP contribution in [0.25, 0.3) is 0 Å². The smallest absolute Gasteiger partial charge is 0.417 e. The zero-order valence-corrected chi connectivity index (χ0v) is 11.0. The Hall–Kier alpha value is -1.99. The second kappa shape index (κ2) is 4.78. The fourth-order valence-corrected chi connectivity index (χ4v) is 3.28. The standard InChI is InChI=1S/C13H14F3N3O2/c14-13(15,16)7-1-4-11(17-6-7)18-9-5-8-2-3-10(9)19(8)12(20)21/h1,4,6,8-10H,2-3,5H2,(H,17,18)(H,20,21). The summed E-state index contributed by atoms with van der Waals surface area (Å²) in [5.41, 5.74) is -0.798. The molecule has 21 heavy (non-hydrogen) atoms. The summed E-state index contributed by atoms with van der Waals surface area (Å²) in [4.78, 5) is 16.4. The number of nitrogens with zero attached hydrogens (tertiary/aromatic N) is 2. The van der Waals surface area contributed by atoms with Gasteiger partial charge in [0.25, 0.3) is 0 Å². The number of halogens is 3. The van der Waals surface area contributed by atoms with E-state index in [2.05, 4.69) is 10.3 Å². The van der Waals surface area contributed by atoms with Gasteiger partial charge in [0.05, 0.1) is 17.6 Å². The molecule has 3 atom stereocenters. The minimum atomic E-state index is -4.40. The average Bonchev–Trinajstić information content (AvgIpc) is 2.95. The number of pyridine rings is 1. The number of anilines is 1. The summed E-state index contributed by atoms with van der Waals surface area (Å²) >= 11 is 0. The Kier molecular flexibility index (Phi) is 3.18. The molecule has 2 bridgehead atoms. The third-order valence-corrected chi connectivity index (χ3v) is 4.18. The number of alkyl halides is 3. The van der Waals surface area contributed by atoms with E-state index in [1.807, 2.05) is 0 Å². The third-order valence-electron chi connectivity index (χ3n) is 4.18. The van der Waals surface area contributed by atoms with Gasteiger partial charge in [-0.25, -0.2) is 9.78 Å². The summed E-state index contributed by atoms with van der Waals surface area (Å²) in [6.45, 7) is 0. The molecule has 0 spiro atoms. The van der Waals surface area contributed by atoms with E-state index in [0.29, 0.717) is 12.2 Å². The Morgan fingerprint density at radius 1 is 1.38 bits per heavy atom. The Bertz CT molecular complexity index is 547. The Morgan fingerprint density at radius 2 is 2.14 bits per heavy atom. The van der Waals surface area contributed by atoms with Crippen LogP contribution in [0.2, 0.25) is 0 Å². The average molecular weight is 301 g/mol. The number of hydrogen-bond donors (Lipinski definition) is 2. The van der Waals surface area contributed by atoms with Crippen LogP contribution in [0.3, 0.4) is 0 Å². The number of carboxylic acid groups (broad SMARTS) is 1. The summed E-state index contributed by atoms with van der Waals surface area (Å²) in [6, 6.07) is 2.03. The molecule has 3 rings (SSSR count). The summed E-state index contributed by atoms with van der Waals surface area (Å²) in [6.07, 6.45) is -2.28. The van der Waals surface area contributed by atoms with Crippen molar-refractivity contribution in [3.8, 4) is 0 Å². The monoisotopic (exact) mass is 301 g/mol. The first-order chi connectivity index (χ1) is 9.86. The van der Waals surface area contributed by atoms with Gasteiger partial charge in [-0.15, -0.1) is 0 Å². The first-order valence-electron chi connectivity index (χ1n) is 6.67. The number of fused-ring (bicyclic) bond motifs is 2.